The Hall–Kier alpha value is -11.9. The summed E-state index contributed by atoms with van der Waals surface area (Å²) in [5.74, 6) is 0. The molecule has 0 aliphatic rings. The number of anilines is 6. The third kappa shape index (κ3) is 9.22. The van der Waals surface area contributed by atoms with Crippen molar-refractivity contribution in [3.05, 3.63) is 327 Å². The van der Waals surface area contributed by atoms with Crippen LogP contribution >= 0.6 is 0 Å². The molecular formula is C90H70N6. The Labute approximate surface area is 558 Å². The van der Waals surface area contributed by atoms with Crippen molar-refractivity contribution in [2.75, 3.05) is 9.80 Å². The smallest absolute Gasteiger partial charge is 0.0561 e. The highest BCUT2D eigenvalue weighted by Crippen LogP contribution is 2.47. The van der Waals surface area contributed by atoms with E-state index in [0.717, 1.165) is 78.9 Å². The van der Waals surface area contributed by atoms with E-state index in [1.165, 1.54) is 87.1 Å². The van der Waals surface area contributed by atoms with E-state index in [1.54, 1.807) is 0 Å². The molecule has 460 valence electrons. The Balaban J connectivity index is 0.795. The maximum Gasteiger partial charge on any atom is 0.0561 e. The minimum atomic E-state index is 0.0629. The molecule has 0 fully saturated rings. The van der Waals surface area contributed by atoms with Gasteiger partial charge < -0.3 is 28.1 Å². The lowest BCUT2D eigenvalue weighted by molar-refractivity contribution is 0.590. The zero-order chi connectivity index (χ0) is 64.6. The van der Waals surface area contributed by atoms with Crippen LogP contribution in [0.25, 0.3) is 121 Å². The van der Waals surface area contributed by atoms with Gasteiger partial charge in [-0.3, -0.25) is 0 Å². The Morgan fingerprint density at radius 2 is 0.479 bits per heavy atom. The number of fused-ring (bicyclic) bond motifs is 13. The molecule has 0 atom stereocenters. The standard InChI is InChI=1S/C90H70N6/c1-89(2,3)61-35-39-67(40-36-61)93-81-33-21-19-31-73(81)79-55-69(45-49-83(79)93)91(63-23-11-7-12-24-63)71-43-47-75-77-51-59-52-78-76-48-44-72(58-88(76)96(66-29-17-10-18-30-66)86(78)54-60(59)53-85(77)95(87(75)57-71)65-27-15-9-16-28-65)92(64-25-13-8-14-26-64)70-46-50-84-80(56-70)74-32-20-22-34-82(74)94(84)68-41-37-62(38-42-68)90(4,5)6/h7-58H,1-6H3. The van der Waals surface area contributed by atoms with Gasteiger partial charge in [0, 0.05) is 100.0 Å². The van der Waals surface area contributed by atoms with Gasteiger partial charge in [0.25, 0.3) is 0 Å². The van der Waals surface area contributed by atoms with Gasteiger partial charge >= 0.3 is 0 Å². The molecule has 6 nitrogen and oxygen atoms in total. The Morgan fingerprint density at radius 1 is 0.198 bits per heavy atom. The topological polar surface area (TPSA) is 26.2 Å². The molecule has 0 saturated carbocycles. The Kier molecular flexibility index (Phi) is 13.0. The van der Waals surface area contributed by atoms with Crippen LogP contribution in [-0.2, 0) is 10.8 Å². The molecule has 0 aliphatic heterocycles. The number of hydrogen-bond acceptors (Lipinski definition) is 2. The van der Waals surface area contributed by atoms with Crippen LogP contribution in [0.4, 0.5) is 34.1 Å². The van der Waals surface area contributed by atoms with Crippen molar-refractivity contribution in [1.82, 2.24) is 18.3 Å². The molecular weight excluding hydrogens is 1170 g/mol. The van der Waals surface area contributed by atoms with E-state index in [4.69, 9.17) is 0 Å². The first-order valence-corrected chi connectivity index (χ1v) is 33.5. The minimum absolute atomic E-state index is 0.0629. The summed E-state index contributed by atoms with van der Waals surface area (Å²) in [6.07, 6.45) is 0. The Bertz CT molecular complexity index is 5690. The van der Waals surface area contributed by atoms with Gasteiger partial charge in [0.15, 0.2) is 0 Å². The van der Waals surface area contributed by atoms with Crippen molar-refractivity contribution in [2.45, 2.75) is 52.4 Å². The largest absolute Gasteiger partial charge is 0.310 e. The molecule has 0 bridgehead atoms. The molecule has 4 aromatic heterocycles. The summed E-state index contributed by atoms with van der Waals surface area (Å²) in [5.41, 5.74) is 23.1. The third-order valence-electron chi connectivity index (χ3n) is 20.0. The minimum Gasteiger partial charge on any atom is -0.310 e. The van der Waals surface area contributed by atoms with Gasteiger partial charge in [0.1, 0.15) is 0 Å². The molecule has 18 rings (SSSR count). The van der Waals surface area contributed by atoms with Crippen molar-refractivity contribution in [2.24, 2.45) is 0 Å². The average molecular weight is 1240 g/mol. The second-order valence-corrected chi connectivity index (χ2v) is 27.9. The Morgan fingerprint density at radius 3 is 0.875 bits per heavy atom. The molecule has 0 unspecified atom stereocenters. The molecule has 0 amide bonds. The fourth-order valence-electron chi connectivity index (χ4n) is 15.3. The fraction of sp³-hybridized carbons (Fsp3) is 0.0889. The zero-order valence-electron chi connectivity index (χ0n) is 54.7. The van der Waals surface area contributed by atoms with Crippen molar-refractivity contribution in [3.63, 3.8) is 0 Å². The van der Waals surface area contributed by atoms with Crippen LogP contribution in [0.5, 0.6) is 0 Å². The molecule has 6 heteroatoms. The highest BCUT2D eigenvalue weighted by molar-refractivity contribution is 6.20. The maximum atomic E-state index is 2.47. The highest BCUT2D eigenvalue weighted by Gasteiger charge is 2.25. The fourth-order valence-corrected chi connectivity index (χ4v) is 15.3. The molecule has 0 radical (unpaired) electrons. The molecule has 4 heterocycles. The monoisotopic (exact) mass is 1230 g/mol. The van der Waals surface area contributed by atoms with Crippen molar-refractivity contribution < 1.29 is 0 Å². The quantitative estimate of drug-likeness (QED) is 0.136. The van der Waals surface area contributed by atoms with Crippen LogP contribution in [0.1, 0.15) is 52.7 Å². The first kappa shape index (κ1) is 56.9. The maximum absolute atomic E-state index is 2.47. The van der Waals surface area contributed by atoms with Crippen LogP contribution in [0.15, 0.2) is 315 Å². The van der Waals surface area contributed by atoms with Gasteiger partial charge in [-0.2, -0.15) is 0 Å². The van der Waals surface area contributed by atoms with Crippen LogP contribution in [0, 0.1) is 0 Å². The predicted octanol–water partition coefficient (Wildman–Crippen LogP) is 24.8. The van der Waals surface area contributed by atoms with E-state index in [9.17, 15) is 0 Å². The molecule has 96 heavy (non-hydrogen) atoms. The van der Waals surface area contributed by atoms with Gasteiger partial charge in [0.05, 0.1) is 44.1 Å². The van der Waals surface area contributed by atoms with Crippen molar-refractivity contribution in [3.8, 4) is 22.7 Å². The summed E-state index contributed by atoms with van der Waals surface area (Å²) in [7, 11) is 0. The average Bonchev–Trinajstić information content (AvgIpc) is 1.56. The highest BCUT2D eigenvalue weighted by atomic mass is 15.2. The molecule has 0 aliphatic carbocycles. The summed E-state index contributed by atoms with van der Waals surface area (Å²) in [5, 5.41) is 12.0. The number of hydrogen-bond donors (Lipinski definition) is 0. The summed E-state index contributed by atoms with van der Waals surface area (Å²) in [6, 6.07) is 117. The molecule has 18 aromatic rings. The lowest BCUT2D eigenvalue weighted by Crippen LogP contribution is -2.11. The molecule has 14 aromatic carbocycles. The normalized spacial score (nSPS) is 12.3. The predicted molar refractivity (Wildman–Crippen MR) is 408 cm³/mol. The van der Waals surface area contributed by atoms with E-state index >= 15 is 0 Å². The van der Waals surface area contributed by atoms with Gasteiger partial charge in [0.2, 0.25) is 0 Å². The molecule has 0 spiro atoms. The third-order valence-corrected chi connectivity index (χ3v) is 20.0. The molecule has 0 saturated heterocycles. The summed E-state index contributed by atoms with van der Waals surface area (Å²) >= 11 is 0. The summed E-state index contributed by atoms with van der Waals surface area (Å²) < 4.78 is 9.78. The number of benzene rings is 14. The number of para-hydroxylation sites is 6. The van der Waals surface area contributed by atoms with Gasteiger partial charge in [-0.25, -0.2) is 0 Å². The first-order valence-electron chi connectivity index (χ1n) is 33.5. The van der Waals surface area contributed by atoms with Gasteiger partial charge in [-0.05, 0) is 203 Å². The lowest BCUT2D eigenvalue weighted by Gasteiger charge is -2.26. The number of nitrogens with zero attached hydrogens (tertiary/aromatic N) is 6. The second kappa shape index (κ2) is 21.9. The number of aromatic nitrogens is 4. The van der Waals surface area contributed by atoms with E-state index in [1.807, 2.05) is 0 Å². The number of rotatable bonds is 10. The van der Waals surface area contributed by atoms with E-state index < -0.39 is 0 Å². The van der Waals surface area contributed by atoms with Crippen LogP contribution in [0.3, 0.4) is 0 Å². The molecule has 0 N–H and O–H groups in total. The SMILES string of the molecule is CC(C)(C)c1ccc(-n2c3ccccc3c3cc(N(c4ccccc4)c4ccc5c6cc7cc8c9ccc(N(c%10ccccc%10)c%10ccc%11c(c%10)c%10ccccc%10n%11-c%10ccc(C(C)(C)C)cc%10)cc9n(-c9ccccc9)c8cc7cc6n(-c6ccccc6)c5c4)ccc32)cc1. The van der Waals surface area contributed by atoms with E-state index in [0.29, 0.717) is 0 Å². The van der Waals surface area contributed by atoms with Crippen molar-refractivity contribution in [1.29, 1.82) is 0 Å². The van der Waals surface area contributed by atoms with Crippen LogP contribution in [-0.4, -0.2) is 18.3 Å². The summed E-state index contributed by atoms with van der Waals surface area (Å²) in [4.78, 5) is 4.84. The van der Waals surface area contributed by atoms with E-state index in [-0.39, 0.29) is 10.8 Å². The van der Waals surface area contributed by atoms with Crippen LogP contribution < -0.4 is 9.80 Å². The zero-order valence-corrected chi connectivity index (χ0v) is 54.7. The summed E-state index contributed by atoms with van der Waals surface area (Å²) in [6.45, 7) is 13.6. The first-order chi connectivity index (χ1) is 46.9. The van der Waals surface area contributed by atoms with E-state index in [2.05, 4.69) is 385 Å². The lowest BCUT2D eigenvalue weighted by atomic mass is 9.87. The van der Waals surface area contributed by atoms with Gasteiger partial charge in [-0.15, -0.1) is 0 Å². The van der Waals surface area contributed by atoms with Crippen molar-refractivity contribution >= 4 is 132 Å². The van der Waals surface area contributed by atoms with Gasteiger partial charge in [-0.1, -0.05) is 187 Å². The van der Waals surface area contributed by atoms with Crippen LogP contribution in [0.2, 0.25) is 0 Å². The second-order valence-electron chi connectivity index (χ2n) is 27.9.